The van der Waals surface area contributed by atoms with Gasteiger partial charge in [0.05, 0.1) is 17.7 Å². The van der Waals surface area contributed by atoms with E-state index in [0.717, 1.165) is 18.5 Å². The number of amides is 1. The molecule has 0 aromatic carbocycles. The summed E-state index contributed by atoms with van der Waals surface area (Å²) >= 11 is 1.37. The standard InChI is InChI=1S/C16H25N3O3S/c1-5-19(8-12(20)21)11-6-10(7-11)18-15(22)13-14(16(2,3)4)17-9-23-13/h9-11H,5-8H2,1-4H3,(H,18,22)(H,20,21). The molecular formula is C16H25N3O3S. The fourth-order valence-electron chi connectivity index (χ4n) is 2.87. The monoisotopic (exact) mass is 339 g/mol. The number of thiazole rings is 1. The summed E-state index contributed by atoms with van der Waals surface area (Å²) in [5.74, 6) is -0.874. The number of hydrogen-bond donors (Lipinski definition) is 2. The number of carbonyl (C=O) groups is 2. The third-order valence-corrected chi connectivity index (χ3v) is 5.02. The fourth-order valence-corrected chi connectivity index (χ4v) is 3.77. The Morgan fingerprint density at radius 1 is 1.43 bits per heavy atom. The van der Waals surface area contributed by atoms with E-state index in [1.54, 1.807) is 5.51 Å². The topological polar surface area (TPSA) is 82.5 Å². The fraction of sp³-hybridized carbons (Fsp3) is 0.688. The minimum Gasteiger partial charge on any atom is -0.480 e. The summed E-state index contributed by atoms with van der Waals surface area (Å²) in [4.78, 5) is 30.2. The number of aliphatic carboxylic acids is 1. The van der Waals surface area contributed by atoms with Gasteiger partial charge in [0, 0.05) is 17.5 Å². The molecule has 0 aliphatic heterocycles. The lowest BCUT2D eigenvalue weighted by Crippen LogP contribution is -2.54. The van der Waals surface area contributed by atoms with Gasteiger partial charge in [-0.3, -0.25) is 14.5 Å². The third-order valence-electron chi connectivity index (χ3n) is 4.19. The molecule has 1 aliphatic carbocycles. The zero-order chi connectivity index (χ0) is 17.2. The van der Waals surface area contributed by atoms with E-state index >= 15 is 0 Å². The summed E-state index contributed by atoms with van der Waals surface area (Å²) in [5.41, 5.74) is 2.39. The molecule has 1 amide bonds. The smallest absolute Gasteiger partial charge is 0.317 e. The molecule has 1 aromatic heterocycles. The maximum absolute atomic E-state index is 12.5. The van der Waals surface area contributed by atoms with Gasteiger partial charge in [0.2, 0.25) is 0 Å². The Bertz CT molecular complexity index is 573. The maximum atomic E-state index is 12.5. The number of aromatic nitrogens is 1. The van der Waals surface area contributed by atoms with Crippen molar-refractivity contribution >= 4 is 23.2 Å². The first-order chi connectivity index (χ1) is 10.7. The molecule has 0 radical (unpaired) electrons. The number of rotatable bonds is 6. The van der Waals surface area contributed by atoms with Gasteiger partial charge in [-0.1, -0.05) is 27.7 Å². The largest absolute Gasteiger partial charge is 0.480 e. The highest BCUT2D eigenvalue weighted by molar-refractivity contribution is 7.11. The van der Waals surface area contributed by atoms with Crippen molar-refractivity contribution in [2.24, 2.45) is 0 Å². The summed E-state index contributed by atoms with van der Waals surface area (Å²) in [6, 6.07) is 0.357. The van der Waals surface area contributed by atoms with Crippen molar-refractivity contribution < 1.29 is 14.7 Å². The van der Waals surface area contributed by atoms with Gasteiger partial charge in [-0.2, -0.15) is 0 Å². The SMILES string of the molecule is CCN(CC(=O)O)C1CC(NC(=O)c2scnc2C(C)(C)C)C1. The number of nitrogens with one attached hydrogen (secondary N) is 1. The van der Waals surface area contributed by atoms with Crippen LogP contribution in [0.3, 0.4) is 0 Å². The summed E-state index contributed by atoms with van der Waals surface area (Å²) in [6.45, 7) is 8.86. The van der Waals surface area contributed by atoms with Gasteiger partial charge in [0.1, 0.15) is 4.88 Å². The molecule has 1 aromatic rings. The molecule has 0 spiro atoms. The Hall–Kier alpha value is -1.47. The minimum absolute atomic E-state index is 0.0604. The molecule has 1 heterocycles. The van der Waals surface area contributed by atoms with Gasteiger partial charge in [-0.05, 0) is 19.4 Å². The van der Waals surface area contributed by atoms with Gasteiger partial charge in [-0.15, -0.1) is 11.3 Å². The Labute approximate surface area is 140 Å². The van der Waals surface area contributed by atoms with Crippen molar-refractivity contribution in [1.29, 1.82) is 0 Å². The zero-order valence-electron chi connectivity index (χ0n) is 14.1. The Balaban J connectivity index is 1.90. The van der Waals surface area contributed by atoms with Crippen LogP contribution >= 0.6 is 11.3 Å². The molecule has 0 atom stereocenters. The van der Waals surface area contributed by atoms with E-state index in [0.29, 0.717) is 11.4 Å². The molecule has 0 saturated heterocycles. The summed E-state index contributed by atoms with van der Waals surface area (Å²) < 4.78 is 0. The first kappa shape index (κ1) is 17.9. The molecule has 2 N–H and O–H groups in total. The molecule has 1 aliphatic rings. The van der Waals surface area contributed by atoms with E-state index in [2.05, 4.69) is 10.3 Å². The van der Waals surface area contributed by atoms with Gasteiger partial charge in [-0.25, -0.2) is 4.98 Å². The predicted octanol–water partition coefficient (Wildman–Crippen LogP) is 2.11. The molecule has 0 bridgehead atoms. The van der Waals surface area contributed by atoms with E-state index in [1.807, 2.05) is 32.6 Å². The van der Waals surface area contributed by atoms with Crippen LogP contribution in [0, 0.1) is 0 Å². The number of nitrogens with zero attached hydrogens (tertiary/aromatic N) is 2. The molecule has 1 fully saturated rings. The maximum Gasteiger partial charge on any atom is 0.317 e. The average Bonchev–Trinajstić information content (AvgIpc) is 2.89. The molecular weight excluding hydrogens is 314 g/mol. The average molecular weight is 339 g/mol. The van der Waals surface area contributed by atoms with Crippen LogP contribution in [0.25, 0.3) is 0 Å². The van der Waals surface area contributed by atoms with E-state index in [4.69, 9.17) is 5.11 Å². The van der Waals surface area contributed by atoms with Gasteiger partial charge in [0.15, 0.2) is 0 Å². The van der Waals surface area contributed by atoms with Gasteiger partial charge < -0.3 is 10.4 Å². The van der Waals surface area contributed by atoms with Crippen LogP contribution in [0.5, 0.6) is 0 Å². The molecule has 0 unspecified atom stereocenters. The first-order valence-electron chi connectivity index (χ1n) is 7.93. The zero-order valence-corrected chi connectivity index (χ0v) is 14.9. The lowest BCUT2D eigenvalue weighted by Gasteiger charge is -2.42. The number of likely N-dealkylation sites (N-methyl/N-ethyl adjacent to an activating group) is 1. The summed E-state index contributed by atoms with van der Waals surface area (Å²) in [6.07, 6.45) is 1.60. The van der Waals surface area contributed by atoms with E-state index in [1.165, 1.54) is 11.3 Å². The van der Waals surface area contributed by atoms with Gasteiger partial charge in [0.25, 0.3) is 5.91 Å². The second-order valence-corrected chi connectivity index (χ2v) is 7.89. The number of carboxylic acids is 1. The van der Waals surface area contributed by atoms with Crippen molar-refractivity contribution in [3.8, 4) is 0 Å². The predicted molar refractivity (Wildman–Crippen MR) is 90.0 cm³/mol. The van der Waals surface area contributed by atoms with E-state index in [-0.39, 0.29) is 30.0 Å². The molecule has 2 rings (SSSR count). The summed E-state index contributed by atoms with van der Waals surface area (Å²) in [7, 11) is 0. The van der Waals surface area contributed by atoms with E-state index in [9.17, 15) is 9.59 Å². The highest BCUT2D eigenvalue weighted by Crippen LogP contribution is 2.29. The van der Waals surface area contributed by atoms with Crippen LogP contribution in [0.15, 0.2) is 5.51 Å². The lowest BCUT2D eigenvalue weighted by molar-refractivity contribution is -0.139. The van der Waals surface area contributed by atoms with Crippen molar-refractivity contribution in [3.05, 3.63) is 16.1 Å². The number of carbonyl (C=O) groups excluding carboxylic acids is 1. The third kappa shape index (κ3) is 4.29. The number of hydrogen-bond acceptors (Lipinski definition) is 5. The van der Waals surface area contributed by atoms with Crippen LogP contribution in [-0.2, 0) is 10.2 Å². The molecule has 1 saturated carbocycles. The summed E-state index contributed by atoms with van der Waals surface area (Å²) in [5, 5.41) is 12.0. The van der Waals surface area contributed by atoms with Crippen molar-refractivity contribution in [1.82, 2.24) is 15.2 Å². The van der Waals surface area contributed by atoms with Crippen LogP contribution in [0.4, 0.5) is 0 Å². The lowest BCUT2D eigenvalue weighted by atomic mass is 9.85. The Morgan fingerprint density at radius 2 is 2.09 bits per heavy atom. The molecule has 6 nitrogen and oxygen atoms in total. The van der Waals surface area contributed by atoms with Gasteiger partial charge >= 0.3 is 5.97 Å². The Morgan fingerprint density at radius 3 is 2.61 bits per heavy atom. The van der Waals surface area contributed by atoms with Crippen molar-refractivity contribution in [2.45, 2.75) is 58.0 Å². The van der Waals surface area contributed by atoms with Crippen LogP contribution < -0.4 is 5.32 Å². The molecule has 23 heavy (non-hydrogen) atoms. The second kappa shape index (κ2) is 6.97. The number of carboxylic acid groups (broad SMARTS) is 1. The van der Waals surface area contributed by atoms with Crippen LogP contribution in [0.2, 0.25) is 0 Å². The van der Waals surface area contributed by atoms with Crippen LogP contribution in [-0.4, -0.2) is 52.0 Å². The Kier molecular flexibility index (Phi) is 5.41. The van der Waals surface area contributed by atoms with E-state index < -0.39 is 5.97 Å². The highest BCUT2D eigenvalue weighted by Gasteiger charge is 2.35. The molecule has 7 heteroatoms. The first-order valence-corrected chi connectivity index (χ1v) is 8.81. The van der Waals surface area contributed by atoms with Crippen molar-refractivity contribution in [3.63, 3.8) is 0 Å². The van der Waals surface area contributed by atoms with Crippen LogP contribution in [0.1, 0.15) is 55.9 Å². The minimum atomic E-state index is -0.807. The quantitative estimate of drug-likeness (QED) is 0.829. The molecule has 128 valence electrons. The second-order valence-electron chi connectivity index (χ2n) is 7.03. The highest BCUT2D eigenvalue weighted by atomic mass is 32.1. The van der Waals surface area contributed by atoms with Crippen molar-refractivity contribution in [2.75, 3.05) is 13.1 Å². The normalized spacial score (nSPS) is 21.1.